The second kappa shape index (κ2) is 11.9. The molecule has 1 aliphatic heterocycles. The van der Waals surface area contributed by atoms with Crippen LogP contribution >= 0.6 is 0 Å². The smallest absolute Gasteiger partial charge is 0.249 e. The van der Waals surface area contributed by atoms with Crippen molar-refractivity contribution in [1.82, 2.24) is 10.2 Å². The van der Waals surface area contributed by atoms with Crippen LogP contribution < -0.4 is 14.8 Å². The molecule has 0 spiro atoms. The third-order valence-electron chi connectivity index (χ3n) is 6.74. The number of benzene rings is 2. The second-order valence-electron chi connectivity index (χ2n) is 9.06. The molecule has 4 N–H and O–H groups in total. The van der Waals surface area contributed by atoms with Crippen LogP contribution in [0.25, 0.3) is 0 Å². The Morgan fingerprint density at radius 3 is 2.61 bits per heavy atom. The molecule has 2 aliphatic rings. The van der Waals surface area contributed by atoms with Crippen molar-refractivity contribution in [2.75, 3.05) is 34.0 Å². The van der Waals surface area contributed by atoms with Crippen LogP contribution in [0.1, 0.15) is 22.6 Å². The summed E-state index contributed by atoms with van der Waals surface area (Å²) in [6.45, 7) is -1.12. The van der Waals surface area contributed by atoms with Crippen LogP contribution in [0.15, 0.2) is 48.0 Å². The van der Waals surface area contributed by atoms with Crippen LogP contribution in [0.5, 0.6) is 11.5 Å². The van der Waals surface area contributed by atoms with E-state index in [4.69, 9.17) is 14.2 Å². The van der Waals surface area contributed by atoms with E-state index in [1.54, 1.807) is 18.2 Å². The van der Waals surface area contributed by atoms with Crippen molar-refractivity contribution >= 4 is 11.8 Å². The lowest BCUT2D eigenvalue weighted by Gasteiger charge is -2.40. The summed E-state index contributed by atoms with van der Waals surface area (Å²) in [5.41, 5.74) is 1.47. The highest BCUT2D eigenvalue weighted by Crippen LogP contribution is 2.51. The maximum atomic E-state index is 14.6. The summed E-state index contributed by atoms with van der Waals surface area (Å²) in [5, 5.41) is 33.2. The molecular weight excluding hydrogens is 499 g/mol. The number of fused-ring (bicyclic) bond motifs is 3. The second-order valence-corrected chi connectivity index (χ2v) is 9.06. The van der Waals surface area contributed by atoms with Crippen molar-refractivity contribution in [3.8, 4) is 11.5 Å². The predicted molar refractivity (Wildman–Crippen MR) is 133 cm³/mol. The van der Waals surface area contributed by atoms with E-state index >= 15 is 0 Å². The van der Waals surface area contributed by atoms with Crippen LogP contribution in [0.2, 0.25) is 0 Å². The van der Waals surface area contributed by atoms with Gasteiger partial charge in [-0.15, -0.1) is 0 Å². The van der Waals surface area contributed by atoms with Gasteiger partial charge in [0.2, 0.25) is 11.8 Å². The maximum absolute atomic E-state index is 14.6. The molecule has 0 fully saturated rings. The third-order valence-corrected chi connectivity index (χ3v) is 6.74. The normalized spacial score (nSPS) is 21.6. The number of halogens is 1. The average Bonchev–Trinajstić information content (AvgIpc) is 3.31. The molecule has 0 bridgehead atoms. The Morgan fingerprint density at radius 2 is 1.95 bits per heavy atom. The van der Waals surface area contributed by atoms with Crippen molar-refractivity contribution in [1.29, 1.82) is 0 Å². The number of hydrogen-bond acceptors (Lipinski definition) is 8. The summed E-state index contributed by atoms with van der Waals surface area (Å²) in [5.74, 6) is -1.71. The Hall–Kier alpha value is -3.51. The lowest BCUT2D eigenvalue weighted by Crippen LogP contribution is -2.56. The van der Waals surface area contributed by atoms with Gasteiger partial charge in [-0.3, -0.25) is 9.59 Å². The number of carbonyl (C=O) groups excluding carboxylic acids is 2. The quantitative estimate of drug-likeness (QED) is 0.351. The minimum Gasteiger partial charge on any atom is -0.493 e. The molecule has 2 aromatic rings. The fraction of sp³-hybridized carbons (Fsp3) is 0.407. The molecule has 11 heteroatoms. The number of nitrogens with one attached hydrogen (secondary N) is 1. The van der Waals surface area contributed by atoms with E-state index < -0.39 is 41.8 Å². The van der Waals surface area contributed by atoms with E-state index in [9.17, 15) is 29.3 Å². The minimum absolute atomic E-state index is 0.0178. The van der Waals surface area contributed by atoms with Gasteiger partial charge in [-0.25, -0.2) is 4.39 Å². The molecule has 0 saturated carbocycles. The molecule has 0 aromatic heterocycles. The van der Waals surface area contributed by atoms with Crippen molar-refractivity contribution in [2.24, 2.45) is 0 Å². The molecule has 0 saturated heterocycles. The number of ether oxygens (including phenoxy) is 3. The Kier molecular flexibility index (Phi) is 8.62. The first-order chi connectivity index (χ1) is 18.3. The number of aliphatic hydroxyl groups excluding tert-OH is 3. The van der Waals surface area contributed by atoms with Gasteiger partial charge < -0.3 is 39.7 Å². The van der Waals surface area contributed by atoms with Gasteiger partial charge in [-0.05, 0) is 29.8 Å². The van der Waals surface area contributed by atoms with Crippen molar-refractivity contribution < 1.29 is 43.5 Å². The van der Waals surface area contributed by atoms with Gasteiger partial charge >= 0.3 is 0 Å². The highest BCUT2D eigenvalue weighted by molar-refractivity contribution is 5.96. The van der Waals surface area contributed by atoms with Crippen LogP contribution in [0.4, 0.5) is 4.39 Å². The molecule has 10 nitrogen and oxygen atoms in total. The zero-order valence-electron chi connectivity index (χ0n) is 21.1. The first kappa shape index (κ1) is 27.5. The maximum Gasteiger partial charge on any atom is 0.249 e. The van der Waals surface area contributed by atoms with Crippen molar-refractivity contribution in [3.05, 3.63) is 70.6 Å². The van der Waals surface area contributed by atoms with Gasteiger partial charge in [-0.1, -0.05) is 18.2 Å². The molecule has 4 rings (SSSR count). The highest BCUT2D eigenvalue weighted by atomic mass is 19.1. The fourth-order valence-electron chi connectivity index (χ4n) is 5.00. The topological polar surface area (TPSA) is 138 Å². The lowest BCUT2D eigenvalue weighted by molar-refractivity contribution is -0.141. The van der Waals surface area contributed by atoms with Crippen LogP contribution in [0, 0.1) is 5.82 Å². The number of aliphatic hydroxyl groups is 3. The van der Waals surface area contributed by atoms with E-state index in [0.717, 1.165) is 0 Å². The van der Waals surface area contributed by atoms with E-state index in [2.05, 4.69) is 5.32 Å². The average molecular weight is 531 g/mol. The number of nitrogens with zero attached hydrogens (tertiary/aromatic N) is 1. The van der Waals surface area contributed by atoms with Gasteiger partial charge in [0, 0.05) is 36.9 Å². The Bertz CT molecular complexity index is 1220. The predicted octanol–water partition coefficient (Wildman–Crippen LogP) is 0.624. The zero-order chi connectivity index (χ0) is 27.4. The molecule has 2 amide bonds. The lowest BCUT2D eigenvalue weighted by atomic mass is 9.77. The van der Waals surface area contributed by atoms with E-state index in [0.29, 0.717) is 22.6 Å². The molecule has 38 heavy (non-hydrogen) atoms. The van der Waals surface area contributed by atoms with E-state index in [1.807, 2.05) is 0 Å². The van der Waals surface area contributed by atoms with Crippen LogP contribution in [0.3, 0.4) is 0 Å². The number of carbonyl (C=O) groups is 2. The summed E-state index contributed by atoms with van der Waals surface area (Å²) < 4.78 is 31.2. The summed E-state index contributed by atoms with van der Waals surface area (Å²) in [7, 11) is 2.78. The summed E-state index contributed by atoms with van der Waals surface area (Å²) in [4.78, 5) is 27.7. The largest absolute Gasteiger partial charge is 0.493 e. The standard InChI is InChI=1S/C27H31FN2O8/c1-36-14-22(33)30(12-16-5-3-4-6-19(16)28)20-11-18(27(35)29-7-8-31)23-17-9-15(13-32)10-21(37-2)25(17)38-26(23)24(20)34/h3-6,9-11,20,23-24,26,31-32,34H,7-8,12-14H2,1-2H3,(H,29,35)/t20-,23+,24+,26+/m1/s1. The van der Waals surface area contributed by atoms with E-state index in [1.165, 1.54) is 43.4 Å². The van der Waals surface area contributed by atoms with Gasteiger partial charge in [-0.2, -0.15) is 0 Å². The Balaban J connectivity index is 1.82. The van der Waals surface area contributed by atoms with Gasteiger partial charge in [0.15, 0.2) is 11.5 Å². The van der Waals surface area contributed by atoms with E-state index in [-0.39, 0.29) is 44.0 Å². The molecule has 0 unspecified atom stereocenters. The summed E-state index contributed by atoms with van der Waals surface area (Å²) in [6, 6.07) is 8.16. The minimum atomic E-state index is -1.32. The van der Waals surface area contributed by atoms with Gasteiger partial charge in [0.05, 0.1) is 32.3 Å². The Labute approximate surface area is 219 Å². The first-order valence-electron chi connectivity index (χ1n) is 12.1. The molecule has 2 aromatic carbocycles. The fourth-order valence-corrected chi connectivity index (χ4v) is 5.00. The van der Waals surface area contributed by atoms with Crippen LogP contribution in [-0.2, 0) is 27.5 Å². The highest BCUT2D eigenvalue weighted by Gasteiger charge is 2.51. The number of amides is 2. The molecule has 204 valence electrons. The van der Waals surface area contributed by atoms with Crippen LogP contribution in [-0.4, -0.2) is 84.3 Å². The number of methoxy groups -OCH3 is 2. The third kappa shape index (κ3) is 5.23. The summed E-state index contributed by atoms with van der Waals surface area (Å²) in [6.07, 6.45) is -0.850. The zero-order valence-corrected chi connectivity index (χ0v) is 21.1. The number of hydrogen-bond donors (Lipinski definition) is 4. The molecule has 1 heterocycles. The molecular formula is C27H31FN2O8. The SMILES string of the molecule is COCC(=O)N(Cc1ccccc1F)[C@@H]1C=C(C(=O)NCCO)[C@@H]2c3cc(CO)cc(OC)c3O[C@@H]2[C@H]1O. The molecule has 4 atom stereocenters. The summed E-state index contributed by atoms with van der Waals surface area (Å²) >= 11 is 0. The van der Waals surface area contributed by atoms with Gasteiger partial charge in [0.1, 0.15) is 24.6 Å². The monoisotopic (exact) mass is 530 g/mol. The molecule has 0 radical (unpaired) electrons. The first-order valence-corrected chi connectivity index (χ1v) is 12.1. The van der Waals surface area contributed by atoms with Crippen molar-refractivity contribution in [3.63, 3.8) is 0 Å². The Morgan fingerprint density at radius 1 is 1.18 bits per heavy atom. The number of rotatable bonds is 10. The molecule has 1 aliphatic carbocycles. The van der Waals surface area contributed by atoms with Crippen molar-refractivity contribution in [2.45, 2.75) is 37.3 Å². The van der Waals surface area contributed by atoms with Gasteiger partial charge in [0.25, 0.3) is 0 Å².